The first-order valence-corrected chi connectivity index (χ1v) is 7.08. The molecule has 1 unspecified atom stereocenters. The zero-order valence-corrected chi connectivity index (χ0v) is 12.3. The lowest BCUT2D eigenvalue weighted by atomic mass is 10.1. The van der Waals surface area contributed by atoms with Gasteiger partial charge in [-0.25, -0.2) is 0 Å². The van der Waals surface area contributed by atoms with E-state index in [-0.39, 0.29) is 0 Å². The largest absolute Gasteiger partial charge is 0.379 e. The van der Waals surface area contributed by atoms with E-state index in [0.717, 1.165) is 19.8 Å². The lowest BCUT2D eigenvalue weighted by Gasteiger charge is -2.13. The Morgan fingerprint density at radius 1 is 1.39 bits per heavy atom. The third-order valence-corrected chi connectivity index (χ3v) is 3.05. The summed E-state index contributed by atoms with van der Waals surface area (Å²) in [5, 5.41) is 3.37. The summed E-state index contributed by atoms with van der Waals surface area (Å²) >= 11 is 0. The first-order valence-electron chi connectivity index (χ1n) is 7.08. The van der Waals surface area contributed by atoms with E-state index in [1.807, 2.05) is 7.05 Å². The first-order chi connectivity index (χ1) is 8.67. The second-order valence-electron chi connectivity index (χ2n) is 5.28. The van der Waals surface area contributed by atoms with Crippen molar-refractivity contribution in [2.24, 2.45) is 5.92 Å². The molecule has 0 saturated heterocycles. The molecule has 0 radical (unpaired) electrons. The van der Waals surface area contributed by atoms with E-state index in [4.69, 9.17) is 4.74 Å². The Bertz CT molecular complexity index is 320. The van der Waals surface area contributed by atoms with Crippen LogP contribution in [0.3, 0.4) is 0 Å². The van der Waals surface area contributed by atoms with Crippen LogP contribution in [0.4, 0.5) is 0 Å². The van der Waals surface area contributed by atoms with Crippen molar-refractivity contribution in [2.45, 2.75) is 46.2 Å². The van der Waals surface area contributed by atoms with Crippen LogP contribution in [0.1, 0.15) is 45.2 Å². The van der Waals surface area contributed by atoms with Crippen molar-refractivity contribution in [3.8, 4) is 0 Å². The van der Waals surface area contributed by atoms with E-state index in [0.29, 0.717) is 12.0 Å². The molecule has 0 aliphatic carbocycles. The minimum Gasteiger partial charge on any atom is -0.379 e. The van der Waals surface area contributed by atoms with Gasteiger partial charge in [0.1, 0.15) is 0 Å². The maximum absolute atomic E-state index is 5.61. The third kappa shape index (κ3) is 5.23. The molecule has 1 rings (SSSR count). The van der Waals surface area contributed by atoms with Gasteiger partial charge in [-0.1, -0.05) is 27.2 Å². The van der Waals surface area contributed by atoms with Crippen molar-refractivity contribution in [1.82, 2.24) is 9.88 Å². The van der Waals surface area contributed by atoms with Gasteiger partial charge in [-0.2, -0.15) is 0 Å². The van der Waals surface area contributed by atoms with Crippen LogP contribution in [0.15, 0.2) is 18.5 Å². The molecule has 1 N–H and O–H groups in total. The van der Waals surface area contributed by atoms with Crippen LogP contribution in [-0.2, 0) is 11.3 Å². The van der Waals surface area contributed by atoms with Gasteiger partial charge in [-0.3, -0.25) is 0 Å². The molecule has 1 heterocycles. The van der Waals surface area contributed by atoms with Crippen molar-refractivity contribution in [1.29, 1.82) is 0 Å². The number of hydrogen-bond donors (Lipinski definition) is 1. The predicted molar refractivity (Wildman–Crippen MR) is 76.8 cm³/mol. The highest BCUT2D eigenvalue weighted by Crippen LogP contribution is 2.18. The fourth-order valence-electron chi connectivity index (χ4n) is 2.06. The zero-order chi connectivity index (χ0) is 13.4. The summed E-state index contributed by atoms with van der Waals surface area (Å²) in [7, 11) is 2.03. The number of ether oxygens (including phenoxy) is 1. The number of rotatable bonds is 9. The smallest absolute Gasteiger partial charge is 0.0645 e. The molecule has 3 heteroatoms. The van der Waals surface area contributed by atoms with Crippen LogP contribution in [0.25, 0.3) is 0 Å². The van der Waals surface area contributed by atoms with Gasteiger partial charge in [0.15, 0.2) is 0 Å². The van der Waals surface area contributed by atoms with Crippen LogP contribution in [0, 0.1) is 5.92 Å². The molecule has 0 aliphatic rings. The minimum atomic E-state index is 0.479. The lowest BCUT2D eigenvalue weighted by molar-refractivity contribution is 0.103. The Balaban J connectivity index is 2.37. The van der Waals surface area contributed by atoms with Crippen LogP contribution < -0.4 is 5.32 Å². The highest BCUT2D eigenvalue weighted by Gasteiger charge is 2.09. The topological polar surface area (TPSA) is 26.2 Å². The molecule has 0 spiro atoms. The summed E-state index contributed by atoms with van der Waals surface area (Å²) in [4.78, 5) is 0. The molecule has 0 amide bonds. The summed E-state index contributed by atoms with van der Waals surface area (Å²) in [6.45, 7) is 9.16. The van der Waals surface area contributed by atoms with Gasteiger partial charge < -0.3 is 14.6 Å². The Morgan fingerprint density at radius 2 is 2.17 bits per heavy atom. The van der Waals surface area contributed by atoms with Gasteiger partial charge >= 0.3 is 0 Å². The van der Waals surface area contributed by atoms with E-state index in [9.17, 15) is 0 Å². The average molecular weight is 252 g/mol. The SMILES string of the molecule is CCCC(NC)c1ccn(CCOCC(C)C)c1. The highest BCUT2D eigenvalue weighted by atomic mass is 16.5. The van der Waals surface area contributed by atoms with Gasteiger partial charge in [-0.15, -0.1) is 0 Å². The molecule has 18 heavy (non-hydrogen) atoms. The number of hydrogen-bond acceptors (Lipinski definition) is 2. The van der Waals surface area contributed by atoms with Crippen LogP contribution in [0.2, 0.25) is 0 Å². The molecule has 0 aromatic carbocycles. The zero-order valence-electron chi connectivity index (χ0n) is 12.3. The van der Waals surface area contributed by atoms with E-state index < -0.39 is 0 Å². The van der Waals surface area contributed by atoms with Gasteiger partial charge in [0.25, 0.3) is 0 Å². The Morgan fingerprint density at radius 3 is 2.78 bits per heavy atom. The molecule has 1 atom stereocenters. The van der Waals surface area contributed by atoms with E-state index in [1.54, 1.807) is 0 Å². The molecule has 0 saturated carbocycles. The second-order valence-corrected chi connectivity index (χ2v) is 5.28. The fourth-order valence-corrected chi connectivity index (χ4v) is 2.06. The van der Waals surface area contributed by atoms with Crippen molar-refractivity contribution >= 4 is 0 Å². The Kier molecular flexibility index (Phi) is 7.06. The van der Waals surface area contributed by atoms with Crippen molar-refractivity contribution in [3.05, 3.63) is 24.0 Å². The van der Waals surface area contributed by atoms with Gasteiger partial charge in [0, 0.05) is 31.6 Å². The average Bonchev–Trinajstić information content (AvgIpc) is 2.80. The number of aromatic nitrogens is 1. The highest BCUT2D eigenvalue weighted by molar-refractivity contribution is 5.15. The number of nitrogens with one attached hydrogen (secondary N) is 1. The summed E-state index contributed by atoms with van der Waals surface area (Å²) in [5.74, 6) is 0.614. The van der Waals surface area contributed by atoms with Crippen LogP contribution in [-0.4, -0.2) is 24.8 Å². The second kappa shape index (κ2) is 8.33. The van der Waals surface area contributed by atoms with Gasteiger partial charge in [-0.05, 0) is 31.0 Å². The standard InChI is InChI=1S/C15H28N2O/c1-5-6-15(16-4)14-7-8-17(11-14)9-10-18-12-13(2)3/h7-8,11,13,15-16H,5-6,9-10,12H2,1-4H3. The summed E-state index contributed by atoms with van der Waals surface area (Å²) in [6.07, 6.45) is 6.77. The van der Waals surface area contributed by atoms with E-state index >= 15 is 0 Å². The molecular formula is C15H28N2O. The normalized spacial score (nSPS) is 13.2. The van der Waals surface area contributed by atoms with Crippen molar-refractivity contribution < 1.29 is 4.74 Å². The summed E-state index contributed by atoms with van der Waals surface area (Å²) in [6, 6.07) is 2.69. The summed E-state index contributed by atoms with van der Waals surface area (Å²) < 4.78 is 7.82. The van der Waals surface area contributed by atoms with Gasteiger partial charge in [0.2, 0.25) is 0 Å². The van der Waals surface area contributed by atoms with E-state index in [2.05, 4.69) is 49.1 Å². The first kappa shape index (κ1) is 15.3. The molecule has 3 nitrogen and oxygen atoms in total. The fraction of sp³-hybridized carbons (Fsp3) is 0.733. The van der Waals surface area contributed by atoms with Crippen molar-refractivity contribution in [2.75, 3.05) is 20.3 Å². The molecule has 1 aromatic heterocycles. The Labute approximate surface area is 112 Å². The number of nitrogens with zero attached hydrogens (tertiary/aromatic N) is 1. The van der Waals surface area contributed by atoms with Crippen LogP contribution in [0.5, 0.6) is 0 Å². The maximum atomic E-state index is 5.61. The Hall–Kier alpha value is -0.800. The molecule has 1 aromatic rings. The molecule has 104 valence electrons. The molecule has 0 aliphatic heterocycles. The lowest BCUT2D eigenvalue weighted by Crippen LogP contribution is -2.15. The van der Waals surface area contributed by atoms with Crippen molar-refractivity contribution in [3.63, 3.8) is 0 Å². The molecule has 0 bridgehead atoms. The quantitative estimate of drug-likeness (QED) is 0.683. The predicted octanol–water partition coefficient (Wildman–Crippen LogP) is 3.22. The minimum absolute atomic E-state index is 0.479. The maximum Gasteiger partial charge on any atom is 0.0645 e. The van der Waals surface area contributed by atoms with Crippen LogP contribution >= 0.6 is 0 Å². The third-order valence-electron chi connectivity index (χ3n) is 3.05. The van der Waals surface area contributed by atoms with E-state index in [1.165, 1.54) is 18.4 Å². The molecular weight excluding hydrogens is 224 g/mol. The molecule has 0 fully saturated rings. The van der Waals surface area contributed by atoms with Gasteiger partial charge in [0.05, 0.1) is 6.61 Å². The monoisotopic (exact) mass is 252 g/mol. The summed E-state index contributed by atoms with van der Waals surface area (Å²) in [5.41, 5.74) is 1.38.